The number of anilines is 1. The predicted octanol–water partition coefficient (Wildman–Crippen LogP) is 3.41. The standard InChI is InChI=1S/C18H20FN5O/c1-2-11-24-18(21-22-23-24)20-12-14-7-4-6-10-17(14)25-13-15-8-3-5-9-16(15)19/h3-10H,2,11-13H2,1H3,(H,20,21,23). The molecule has 3 rings (SSSR count). The van der Waals surface area contributed by atoms with Crippen LogP contribution in [0.5, 0.6) is 5.75 Å². The number of rotatable bonds is 8. The molecule has 0 aliphatic carbocycles. The molecule has 1 heterocycles. The van der Waals surface area contributed by atoms with Crippen molar-refractivity contribution in [2.45, 2.75) is 33.0 Å². The Balaban J connectivity index is 1.66. The molecule has 0 fully saturated rings. The molecule has 0 aliphatic rings. The van der Waals surface area contributed by atoms with E-state index in [0.717, 1.165) is 18.5 Å². The number of nitrogens with one attached hydrogen (secondary N) is 1. The lowest BCUT2D eigenvalue weighted by molar-refractivity contribution is 0.297. The molecule has 0 spiro atoms. The highest BCUT2D eigenvalue weighted by Gasteiger charge is 2.08. The van der Waals surface area contributed by atoms with Crippen LogP contribution in [0.25, 0.3) is 0 Å². The molecule has 0 amide bonds. The highest BCUT2D eigenvalue weighted by molar-refractivity contribution is 5.37. The maximum absolute atomic E-state index is 13.7. The number of aryl methyl sites for hydroxylation is 1. The highest BCUT2D eigenvalue weighted by atomic mass is 19.1. The summed E-state index contributed by atoms with van der Waals surface area (Å²) < 4.78 is 21.3. The molecule has 3 aromatic rings. The largest absolute Gasteiger partial charge is 0.488 e. The molecular weight excluding hydrogens is 321 g/mol. The minimum absolute atomic E-state index is 0.178. The van der Waals surface area contributed by atoms with Gasteiger partial charge >= 0.3 is 0 Å². The van der Waals surface area contributed by atoms with Crippen LogP contribution < -0.4 is 10.1 Å². The fourth-order valence-electron chi connectivity index (χ4n) is 2.43. The van der Waals surface area contributed by atoms with Crippen molar-refractivity contribution in [2.75, 3.05) is 5.32 Å². The molecule has 0 aliphatic heterocycles. The fourth-order valence-corrected chi connectivity index (χ4v) is 2.43. The molecule has 1 N–H and O–H groups in total. The topological polar surface area (TPSA) is 64.9 Å². The number of para-hydroxylation sites is 1. The van der Waals surface area contributed by atoms with Gasteiger partial charge in [-0.25, -0.2) is 9.07 Å². The lowest BCUT2D eigenvalue weighted by Crippen LogP contribution is -2.10. The molecule has 7 heteroatoms. The number of hydrogen-bond acceptors (Lipinski definition) is 5. The Bertz CT molecular complexity index is 820. The van der Waals surface area contributed by atoms with E-state index >= 15 is 0 Å². The molecule has 25 heavy (non-hydrogen) atoms. The van der Waals surface area contributed by atoms with Crippen molar-refractivity contribution in [1.82, 2.24) is 20.2 Å². The van der Waals surface area contributed by atoms with Crippen molar-refractivity contribution in [2.24, 2.45) is 0 Å². The number of benzene rings is 2. The minimum Gasteiger partial charge on any atom is -0.488 e. The molecule has 6 nitrogen and oxygen atoms in total. The van der Waals surface area contributed by atoms with Crippen molar-refractivity contribution in [1.29, 1.82) is 0 Å². The van der Waals surface area contributed by atoms with Crippen LogP contribution >= 0.6 is 0 Å². The third kappa shape index (κ3) is 4.32. The Kier molecular flexibility index (Phi) is 5.56. The molecule has 0 radical (unpaired) electrons. The van der Waals surface area contributed by atoms with E-state index in [1.807, 2.05) is 24.3 Å². The summed E-state index contributed by atoms with van der Waals surface area (Å²) in [4.78, 5) is 0. The van der Waals surface area contributed by atoms with Gasteiger partial charge in [0.05, 0.1) is 0 Å². The third-order valence-electron chi connectivity index (χ3n) is 3.72. The van der Waals surface area contributed by atoms with E-state index in [-0.39, 0.29) is 12.4 Å². The molecule has 2 aromatic carbocycles. The van der Waals surface area contributed by atoms with Crippen molar-refractivity contribution < 1.29 is 9.13 Å². The van der Waals surface area contributed by atoms with E-state index < -0.39 is 0 Å². The van der Waals surface area contributed by atoms with Gasteiger partial charge in [-0.15, -0.1) is 0 Å². The van der Waals surface area contributed by atoms with Crippen LogP contribution in [0.15, 0.2) is 48.5 Å². The molecule has 0 saturated carbocycles. The lowest BCUT2D eigenvalue weighted by Gasteiger charge is -2.13. The fraction of sp³-hybridized carbons (Fsp3) is 0.278. The molecule has 130 valence electrons. The number of aromatic nitrogens is 4. The van der Waals surface area contributed by atoms with Crippen LogP contribution in [0.1, 0.15) is 24.5 Å². The van der Waals surface area contributed by atoms with Gasteiger partial charge in [-0.05, 0) is 29.0 Å². The van der Waals surface area contributed by atoms with E-state index in [1.165, 1.54) is 6.07 Å². The summed E-state index contributed by atoms with van der Waals surface area (Å²) >= 11 is 0. The number of halogens is 1. The summed E-state index contributed by atoms with van der Waals surface area (Å²) in [5.74, 6) is 1.05. The molecule has 0 atom stereocenters. The van der Waals surface area contributed by atoms with Crippen LogP contribution in [0.2, 0.25) is 0 Å². The first-order valence-corrected chi connectivity index (χ1v) is 8.22. The van der Waals surface area contributed by atoms with Gasteiger partial charge in [0.25, 0.3) is 0 Å². The van der Waals surface area contributed by atoms with Gasteiger partial charge in [0.15, 0.2) is 0 Å². The summed E-state index contributed by atoms with van der Waals surface area (Å²) in [6.07, 6.45) is 0.946. The number of hydrogen-bond donors (Lipinski definition) is 1. The Labute approximate surface area is 145 Å². The van der Waals surface area contributed by atoms with Crippen molar-refractivity contribution in [3.8, 4) is 5.75 Å². The van der Waals surface area contributed by atoms with Gasteiger partial charge in [-0.1, -0.05) is 48.4 Å². The Morgan fingerprint density at radius 2 is 1.84 bits per heavy atom. The average Bonchev–Trinajstić information content (AvgIpc) is 3.07. The Morgan fingerprint density at radius 1 is 1.08 bits per heavy atom. The Morgan fingerprint density at radius 3 is 2.64 bits per heavy atom. The zero-order chi connectivity index (χ0) is 17.5. The number of tetrazole rings is 1. The second-order valence-electron chi connectivity index (χ2n) is 5.57. The lowest BCUT2D eigenvalue weighted by atomic mass is 10.2. The molecule has 0 unspecified atom stereocenters. The van der Waals surface area contributed by atoms with Crippen LogP contribution in [0.3, 0.4) is 0 Å². The highest BCUT2D eigenvalue weighted by Crippen LogP contribution is 2.21. The van der Waals surface area contributed by atoms with Crippen molar-refractivity contribution in [3.05, 3.63) is 65.5 Å². The van der Waals surface area contributed by atoms with Crippen molar-refractivity contribution >= 4 is 5.95 Å². The maximum Gasteiger partial charge on any atom is 0.243 e. The summed E-state index contributed by atoms with van der Waals surface area (Å²) in [5, 5.41) is 14.8. The maximum atomic E-state index is 13.7. The van der Waals surface area contributed by atoms with Crippen LogP contribution in [0.4, 0.5) is 10.3 Å². The Hall–Kier alpha value is -2.96. The first kappa shape index (κ1) is 16.9. The van der Waals surface area contributed by atoms with Gasteiger partial charge in [0.1, 0.15) is 18.2 Å². The predicted molar refractivity (Wildman–Crippen MR) is 92.6 cm³/mol. The van der Waals surface area contributed by atoms with Gasteiger partial charge in [-0.2, -0.15) is 0 Å². The van der Waals surface area contributed by atoms with Gasteiger partial charge in [0.2, 0.25) is 5.95 Å². The van der Waals surface area contributed by atoms with Gasteiger partial charge < -0.3 is 10.1 Å². The molecular formula is C18H20FN5O. The van der Waals surface area contributed by atoms with E-state index in [0.29, 0.717) is 23.8 Å². The van der Waals surface area contributed by atoms with Crippen LogP contribution in [0, 0.1) is 5.82 Å². The summed E-state index contributed by atoms with van der Waals surface area (Å²) in [6.45, 7) is 3.51. The number of nitrogens with zero attached hydrogens (tertiary/aromatic N) is 4. The molecule has 0 saturated heterocycles. The van der Waals surface area contributed by atoms with Crippen LogP contribution in [-0.2, 0) is 19.7 Å². The smallest absolute Gasteiger partial charge is 0.243 e. The zero-order valence-corrected chi connectivity index (χ0v) is 14.0. The van der Waals surface area contributed by atoms with E-state index in [9.17, 15) is 4.39 Å². The van der Waals surface area contributed by atoms with E-state index in [1.54, 1.807) is 22.9 Å². The minimum atomic E-state index is -0.267. The van der Waals surface area contributed by atoms with Gasteiger partial charge in [0, 0.05) is 24.2 Å². The van der Waals surface area contributed by atoms with E-state index in [2.05, 4.69) is 27.8 Å². The monoisotopic (exact) mass is 341 g/mol. The third-order valence-corrected chi connectivity index (χ3v) is 3.72. The molecule has 1 aromatic heterocycles. The normalized spacial score (nSPS) is 10.6. The molecule has 0 bridgehead atoms. The van der Waals surface area contributed by atoms with Crippen molar-refractivity contribution in [3.63, 3.8) is 0 Å². The number of ether oxygens (including phenoxy) is 1. The first-order chi connectivity index (χ1) is 12.3. The van der Waals surface area contributed by atoms with Crippen LogP contribution in [-0.4, -0.2) is 20.2 Å². The quantitative estimate of drug-likeness (QED) is 0.680. The average molecular weight is 341 g/mol. The second-order valence-corrected chi connectivity index (χ2v) is 5.57. The van der Waals surface area contributed by atoms with Gasteiger partial charge in [-0.3, -0.25) is 0 Å². The van der Waals surface area contributed by atoms with E-state index in [4.69, 9.17) is 4.74 Å². The summed E-state index contributed by atoms with van der Waals surface area (Å²) in [6, 6.07) is 14.3. The SMILES string of the molecule is CCCn1nnnc1NCc1ccccc1OCc1ccccc1F. The summed E-state index contributed by atoms with van der Waals surface area (Å²) in [7, 11) is 0. The first-order valence-electron chi connectivity index (χ1n) is 8.22. The zero-order valence-electron chi connectivity index (χ0n) is 14.0. The summed E-state index contributed by atoms with van der Waals surface area (Å²) in [5.41, 5.74) is 1.47. The second kappa shape index (κ2) is 8.23.